The van der Waals surface area contributed by atoms with Crippen LogP contribution in [0, 0.1) is 5.92 Å². The molecule has 0 aromatic carbocycles. The number of hydrogen-bond donors (Lipinski definition) is 0. The van der Waals surface area contributed by atoms with Crippen LogP contribution in [0.5, 0.6) is 5.88 Å². The van der Waals surface area contributed by atoms with Crippen LogP contribution < -0.4 is 4.74 Å². The van der Waals surface area contributed by atoms with Gasteiger partial charge in [0.15, 0.2) is 0 Å². The SMILES string of the molecule is CN1C[C@H](C(=O)N2CCC(Oc3cccnn3)CC2)CC1=O. The monoisotopic (exact) mass is 304 g/mol. The van der Waals surface area contributed by atoms with Gasteiger partial charge in [0.05, 0.1) is 5.92 Å². The molecule has 0 spiro atoms. The topological polar surface area (TPSA) is 75.6 Å². The summed E-state index contributed by atoms with van der Waals surface area (Å²) in [6.45, 7) is 1.87. The molecule has 7 heteroatoms. The van der Waals surface area contributed by atoms with Gasteiger partial charge in [0.2, 0.25) is 17.7 Å². The predicted octanol–water partition coefficient (Wildman–Crippen LogP) is 0.325. The van der Waals surface area contributed by atoms with Crippen LogP contribution in [0.15, 0.2) is 18.3 Å². The van der Waals surface area contributed by atoms with Crippen molar-refractivity contribution in [1.82, 2.24) is 20.0 Å². The van der Waals surface area contributed by atoms with Crippen molar-refractivity contribution in [1.29, 1.82) is 0 Å². The van der Waals surface area contributed by atoms with Crippen molar-refractivity contribution in [3.8, 4) is 5.88 Å². The maximum atomic E-state index is 12.4. The summed E-state index contributed by atoms with van der Waals surface area (Å²) in [4.78, 5) is 27.5. The molecule has 2 fully saturated rings. The van der Waals surface area contributed by atoms with E-state index in [1.807, 2.05) is 4.90 Å². The fraction of sp³-hybridized carbons (Fsp3) is 0.600. The van der Waals surface area contributed by atoms with Crippen LogP contribution in [0.1, 0.15) is 19.3 Å². The third-order valence-corrected chi connectivity index (χ3v) is 4.28. The van der Waals surface area contributed by atoms with Gasteiger partial charge in [-0.25, -0.2) is 0 Å². The van der Waals surface area contributed by atoms with Crippen molar-refractivity contribution in [3.63, 3.8) is 0 Å². The van der Waals surface area contributed by atoms with E-state index in [9.17, 15) is 9.59 Å². The molecule has 0 unspecified atom stereocenters. The Labute approximate surface area is 129 Å². The average Bonchev–Trinajstić information content (AvgIpc) is 2.88. The van der Waals surface area contributed by atoms with E-state index in [1.54, 1.807) is 30.3 Å². The van der Waals surface area contributed by atoms with Crippen LogP contribution in [0.2, 0.25) is 0 Å². The first-order valence-corrected chi connectivity index (χ1v) is 7.60. The number of piperidine rings is 1. The summed E-state index contributed by atoms with van der Waals surface area (Å²) >= 11 is 0. The number of rotatable bonds is 3. The zero-order chi connectivity index (χ0) is 15.5. The van der Waals surface area contributed by atoms with E-state index >= 15 is 0 Å². The van der Waals surface area contributed by atoms with Gasteiger partial charge in [-0.05, 0) is 6.07 Å². The van der Waals surface area contributed by atoms with E-state index in [0.29, 0.717) is 31.9 Å². The van der Waals surface area contributed by atoms with Crippen molar-refractivity contribution in [2.75, 3.05) is 26.7 Å². The quantitative estimate of drug-likeness (QED) is 0.804. The number of amides is 2. The molecule has 1 aromatic rings. The van der Waals surface area contributed by atoms with Gasteiger partial charge in [-0.15, -0.1) is 5.10 Å². The van der Waals surface area contributed by atoms with Crippen LogP contribution in [0.3, 0.4) is 0 Å². The number of likely N-dealkylation sites (tertiary alicyclic amines) is 2. The van der Waals surface area contributed by atoms with Gasteiger partial charge >= 0.3 is 0 Å². The summed E-state index contributed by atoms with van der Waals surface area (Å²) in [5.41, 5.74) is 0. The van der Waals surface area contributed by atoms with Crippen molar-refractivity contribution >= 4 is 11.8 Å². The number of carbonyl (C=O) groups is 2. The van der Waals surface area contributed by atoms with Gasteiger partial charge in [0.1, 0.15) is 6.10 Å². The zero-order valence-corrected chi connectivity index (χ0v) is 12.6. The van der Waals surface area contributed by atoms with Crippen LogP contribution in [0.4, 0.5) is 0 Å². The molecule has 118 valence electrons. The van der Waals surface area contributed by atoms with Gasteiger partial charge in [-0.1, -0.05) is 0 Å². The van der Waals surface area contributed by atoms with E-state index in [0.717, 1.165) is 12.8 Å². The Morgan fingerprint density at radius 2 is 2.14 bits per heavy atom. The maximum absolute atomic E-state index is 12.4. The van der Waals surface area contributed by atoms with Crippen molar-refractivity contribution in [2.24, 2.45) is 5.92 Å². The average molecular weight is 304 g/mol. The van der Waals surface area contributed by atoms with Crippen LogP contribution in [-0.2, 0) is 9.59 Å². The third-order valence-electron chi connectivity index (χ3n) is 4.28. The number of aromatic nitrogens is 2. The molecule has 2 aliphatic heterocycles. The number of hydrogen-bond acceptors (Lipinski definition) is 5. The molecule has 3 heterocycles. The molecular formula is C15H20N4O3. The summed E-state index contributed by atoms with van der Waals surface area (Å²) in [5, 5.41) is 7.69. The highest BCUT2D eigenvalue weighted by atomic mass is 16.5. The fourth-order valence-corrected chi connectivity index (χ4v) is 3.00. The Balaban J connectivity index is 1.49. The van der Waals surface area contributed by atoms with E-state index in [1.165, 1.54) is 0 Å². The largest absolute Gasteiger partial charge is 0.473 e. The minimum atomic E-state index is -0.185. The van der Waals surface area contributed by atoms with Crippen molar-refractivity contribution in [3.05, 3.63) is 18.3 Å². The molecule has 0 bridgehead atoms. The Morgan fingerprint density at radius 1 is 1.36 bits per heavy atom. The van der Waals surface area contributed by atoms with E-state index in [4.69, 9.17) is 4.74 Å². The van der Waals surface area contributed by atoms with Crippen LogP contribution in [0.25, 0.3) is 0 Å². The normalized spacial score (nSPS) is 23.0. The molecule has 0 saturated carbocycles. The Kier molecular flexibility index (Phi) is 4.22. The standard InChI is InChI=1S/C15H20N4O3/c1-18-10-11(9-14(18)20)15(21)19-7-4-12(5-8-19)22-13-3-2-6-16-17-13/h2-3,6,11-12H,4-5,7-10H2,1H3/t11-/m1/s1. The second kappa shape index (κ2) is 6.29. The predicted molar refractivity (Wildman–Crippen MR) is 78.0 cm³/mol. The first-order chi connectivity index (χ1) is 10.6. The molecule has 2 amide bonds. The Bertz CT molecular complexity index is 543. The van der Waals surface area contributed by atoms with E-state index in [2.05, 4.69) is 10.2 Å². The maximum Gasteiger partial charge on any atom is 0.233 e. The van der Waals surface area contributed by atoms with Crippen LogP contribution >= 0.6 is 0 Å². The molecule has 0 N–H and O–H groups in total. The van der Waals surface area contributed by atoms with E-state index in [-0.39, 0.29) is 23.8 Å². The highest BCUT2D eigenvalue weighted by molar-refractivity contribution is 5.89. The van der Waals surface area contributed by atoms with Gasteiger partial charge < -0.3 is 14.5 Å². The third kappa shape index (κ3) is 3.18. The molecule has 1 aromatic heterocycles. The lowest BCUT2D eigenvalue weighted by atomic mass is 10.0. The molecular weight excluding hydrogens is 284 g/mol. The van der Waals surface area contributed by atoms with Crippen LogP contribution in [-0.4, -0.2) is 64.6 Å². The second-order valence-corrected chi connectivity index (χ2v) is 5.88. The molecule has 1 atom stereocenters. The van der Waals surface area contributed by atoms with Gasteiger partial charge in [-0.3, -0.25) is 9.59 Å². The molecule has 7 nitrogen and oxygen atoms in total. The highest BCUT2D eigenvalue weighted by Gasteiger charge is 2.36. The summed E-state index contributed by atoms with van der Waals surface area (Å²) in [6.07, 6.45) is 3.56. The molecule has 3 rings (SSSR count). The lowest BCUT2D eigenvalue weighted by Crippen LogP contribution is -2.44. The lowest BCUT2D eigenvalue weighted by molar-refractivity contribution is -0.137. The molecule has 0 aliphatic carbocycles. The molecule has 2 saturated heterocycles. The van der Waals surface area contributed by atoms with Gasteiger partial charge in [0.25, 0.3) is 0 Å². The fourth-order valence-electron chi connectivity index (χ4n) is 3.00. The molecule has 0 radical (unpaired) electrons. The summed E-state index contributed by atoms with van der Waals surface area (Å²) in [6, 6.07) is 3.57. The molecule has 22 heavy (non-hydrogen) atoms. The summed E-state index contributed by atoms with van der Waals surface area (Å²) in [7, 11) is 1.75. The molecule has 2 aliphatic rings. The first-order valence-electron chi connectivity index (χ1n) is 7.60. The van der Waals surface area contributed by atoms with Crippen molar-refractivity contribution in [2.45, 2.75) is 25.4 Å². The number of nitrogens with zero attached hydrogens (tertiary/aromatic N) is 4. The lowest BCUT2D eigenvalue weighted by Gasteiger charge is -2.33. The minimum absolute atomic E-state index is 0.0548. The second-order valence-electron chi connectivity index (χ2n) is 5.88. The van der Waals surface area contributed by atoms with Crippen molar-refractivity contribution < 1.29 is 14.3 Å². The smallest absolute Gasteiger partial charge is 0.233 e. The Hall–Kier alpha value is -2.18. The summed E-state index contributed by atoms with van der Waals surface area (Å²) in [5.74, 6) is 0.486. The van der Waals surface area contributed by atoms with Gasteiger partial charge in [0, 0.05) is 58.2 Å². The minimum Gasteiger partial charge on any atom is -0.473 e. The van der Waals surface area contributed by atoms with E-state index < -0.39 is 0 Å². The summed E-state index contributed by atoms with van der Waals surface area (Å²) < 4.78 is 5.77. The first kappa shape index (κ1) is 14.7. The van der Waals surface area contributed by atoms with Gasteiger partial charge in [-0.2, -0.15) is 5.10 Å². The number of carbonyl (C=O) groups excluding carboxylic acids is 2. The zero-order valence-electron chi connectivity index (χ0n) is 12.6. The highest BCUT2D eigenvalue weighted by Crippen LogP contribution is 2.22. The number of ether oxygens (including phenoxy) is 1. The Morgan fingerprint density at radius 3 is 2.73 bits per heavy atom.